The van der Waals surface area contributed by atoms with Crippen molar-refractivity contribution in [1.82, 2.24) is 19.6 Å². The number of carbonyl (C=O) groups is 2. The van der Waals surface area contributed by atoms with Gasteiger partial charge in [-0.25, -0.2) is 4.98 Å². The molecule has 1 fully saturated rings. The molecule has 0 saturated carbocycles. The number of nitrogens with one attached hydrogen (secondary N) is 1. The van der Waals surface area contributed by atoms with E-state index in [0.717, 1.165) is 23.2 Å². The number of fused-ring (bicyclic) bond motifs is 1. The first-order valence-electron chi connectivity index (χ1n) is 10.1. The van der Waals surface area contributed by atoms with Crippen molar-refractivity contribution in [3.05, 3.63) is 71.7 Å². The van der Waals surface area contributed by atoms with Crippen molar-refractivity contribution in [3.8, 4) is 0 Å². The monoisotopic (exact) mass is 406 g/mol. The number of amides is 2. The summed E-state index contributed by atoms with van der Waals surface area (Å²) in [4.78, 5) is 30.7. The summed E-state index contributed by atoms with van der Waals surface area (Å²) in [6.07, 6.45) is 6.39. The summed E-state index contributed by atoms with van der Waals surface area (Å²) in [5.74, 6) is -0.153. The maximum atomic E-state index is 12.5. The number of benzene rings is 1. The fourth-order valence-electron chi connectivity index (χ4n) is 3.86. The predicted octanol–water partition coefficient (Wildman–Crippen LogP) is 2.35. The third-order valence-corrected chi connectivity index (χ3v) is 5.56. The van der Waals surface area contributed by atoms with Gasteiger partial charge in [-0.1, -0.05) is 12.1 Å². The maximum Gasteiger partial charge on any atom is 0.253 e. The molecule has 3 heterocycles. The van der Waals surface area contributed by atoms with E-state index in [9.17, 15) is 14.7 Å². The van der Waals surface area contributed by atoms with Crippen LogP contribution < -0.4 is 5.32 Å². The van der Waals surface area contributed by atoms with Gasteiger partial charge in [0.1, 0.15) is 11.2 Å². The summed E-state index contributed by atoms with van der Waals surface area (Å²) in [7, 11) is 0. The lowest BCUT2D eigenvalue weighted by molar-refractivity contribution is -0.146. The van der Waals surface area contributed by atoms with Crippen LogP contribution in [-0.4, -0.2) is 49.9 Å². The number of rotatable bonds is 5. The molecule has 156 valence electrons. The predicted molar refractivity (Wildman–Crippen MR) is 113 cm³/mol. The molecule has 7 nitrogen and oxygen atoms in total. The minimum absolute atomic E-state index is 0.130. The lowest BCUT2D eigenvalue weighted by Crippen LogP contribution is -2.43. The average Bonchev–Trinajstić information content (AvgIpc) is 3.40. The van der Waals surface area contributed by atoms with Crippen LogP contribution in [0.3, 0.4) is 0 Å². The zero-order valence-electron chi connectivity index (χ0n) is 17.2. The Morgan fingerprint density at radius 1 is 1.20 bits per heavy atom. The standard InChI is InChI=1S/C23H26N4O3/c1-23(2,30)22(29)27-11-8-19(15-27)17-3-5-18(6-4-17)21(28)25-14-16-7-10-26-12-9-24-20(26)13-16/h3-7,9-10,12-13,19,30H,8,11,14-15H2,1-2H3,(H,25,28). The van der Waals surface area contributed by atoms with Gasteiger partial charge in [-0.3, -0.25) is 9.59 Å². The number of nitrogens with zero attached hydrogens (tertiary/aromatic N) is 3. The second kappa shape index (κ2) is 7.91. The van der Waals surface area contributed by atoms with E-state index in [2.05, 4.69) is 10.3 Å². The van der Waals surface area contributed by atoms with Crippen LogP contribution in [0.2, 0.25) is 0 Å². The lowest BCUT2D eigenvalue weighted by Gasteiger charge is -2.24. The average molecular weight is 406 g/mol. The fraction of sp³-hybridized carbons (Fsp3) is 0.348. The summed E-state index contributed by atoms with van der Waals surface area (Å²) in [6.45, 7) is 4.69. The minimum Gasteiger partial charge on any atom is -0.381 e. The maximum absolute atomic E-state index is 12.5. The molecule has 0 spiro atoms. The van der Waals surface area contributed by atoms with Crippen molar-refractivity contribution >= 4 is 17.5 Å². The van der Waals surface area contributed by atoms with Crippen molar-refractivity contribution in [1.29, 1.82) is 0 Å². The Labute approximate surface area is 175 Å². The molecule has 0 aliphatic carbocycles. The first-order valence-corrected chi connectivity index (χ1v) is 10.1. The summed E-state index contributed by atoms with van der Waals surface area (Å²) >= 11 is 0. The Hall–Kier alpha value is -3.19. The van der Waals surface area contributed by atoms with Crippen LogP contribution in [0, 0.1) is 0 Å². The van der Waals surface area contributed by atoms with Crippen molar-refractivity contribution < 1.29 is 14.7 Å². The molecular weight excluding hydrogens is 380 g/mol. The molecule has 1 aliphatic heterocycles. The van der Waals surface area contributed by atoms with E-state index in [0.29, 0.717) is 25.2 Å². The van der Waals surface area contributed by atoms with Crippen LogP contribution in [-0.2, 0) is 11.3 Å². The van der Waals surface area contributed by atoms with Crippen molar-refractivity contribution in [3.63, 3.8) is 0 Å². The number of hydrogen-bond donors (Lipinski definition) is 2. The second-order valence-electron chi connectivity index (χ2n) is 8.33. The van der Waals surface area contributed by atoms with E-state index >= 15 is 0 Å². The molecule has 0 bridgehead atoms. The van der Waals surface area contributed by atoms with E-state index in [-0.39, 0.29) is 17.7 Å². The van der Waals surface area contributed by atoms with Crippen LogP contribution in [0.15, 0.2) is 55.0 Å². The van der Waals surface area contributed by atoms with E-state index in [1.807, 2.05) is 53.2 Å². The Bertz CT molecular complexity index is 1070. The topological polar surface area (TPSA) is 86.9 Å². The summed E-state index contributed by atoms with van der Waals surface area (Å²) < 4.78 is 1.92. The Morgan fingerprint density at radius 3 is 2.70 bits per heavy atom. The summed E-state index contributed by atoms with van der Waals surface area (Å²) in [5.41, 5.74) is 2.19. The van der Waals surface area contributed by atoms with Gasteiger partial charge in [0.05, 0.1) is 0 Å². The van der Waals surface area contributed by atoms with Crippen LogP contribution in [0.25, 0.3) is 5.65 Å². The second-order valence-corrected chi connectivity index (χ2v) is 8.33. The van der Waals surface area contributed by atoms with E-state index < -0.39 is 5.60 Å². The zero-order valence-corrected chi connectivity index (χ0v) is 17.2. The Kier molecular flexibility index (Phi) is 5.30. The van der Waals surface area contributed by atoms with E-state index in [1.54, 1.807) is 11.1 Å². The number of pyridine rings is 1. The molecule has 2 N–H and O–H groups in total. The molecule has 7 heteroatoms. The van der Waals surface area contributed by atoms with Gasteiger partial charge in [-0.05, 0) is 55.7 Å². The first kappa shape index (κ1) is 20.1. The number of aliphatic hydroxyl groups is 1. The molecular formula is C23H26N4O3. The third-order valence-electron chi connectivity index (χ3n) is 5.56. The van der Waals surface area contributed by atoms with Crippen LogP contribution >= 0.6 is 0 Å². The van der Waals surface area contributed by atoms with Crippen LogP contribution in [0.5, 0.6) is 0 Å². The lowest BCUT2D eigenvalue weighted by atomic mass is 9.97. The van der Waals surface area contributed by atoms with Gasteiger partial charge < -0.3 is 19.7 Å². The molecule has 0 radical (unpaired) electrons. The van der Waals surface area contributed by atoms with Crippen LogP contribution in [0.4, 0.5) is 0 Å². The van der Waals surface area contributed by atoms with Gasteiger partial charge in [-0.2, -0.15) is 0 Å². The molecule has 1 aromatic carbocycles. The first-order chi connectivity index (χ1) is 14.3. The van der Waals surface area contributed by atoms with Gasteiger partial charge >= 0.3 is 0 Å². The SMILES string of the molecule is CC(C)(O)C(=O)N1CCC(c2ccc(C(=O)NCc3ccn4ccnc4c3)cc2)C1. The minimum atomic E-state index is -1.35. The molecule has 1 saturated heterocycles. The highest BCUT2D eigenvalue weighted by Crippen LogP contribution is 2.28. The van der Waals surface area contributed by atoms with Crippen molar-refractivity contribution in [2.24, 2.45) is 0 Å². The van der Waals surface area contributed by atoms with Gasteiger partial charge in [0.15, 0.2) is 0 Å². The fourth-order valence-corrected chi connectivity index (χ4v) is 3.86. The van der Waals surface area contributed by atoms with Gasteiger partial charge in [0, 0.05) is 49.7 Å². The molecule has 3 aromatic rings. The number of likely N-dealkylation sites (tertiary alicyclic amines) is 1. The molecule has 2 aromatic heterocycles. The third kappa shape index (κ3) is 4.21. The molecule has 1 atom stereocenters. The van der Waals surface area contributed by atoms with Gasteiger partial charge in [0.25, 0.3) is 11.8 Å². The summed E-state index contributed by atoms with van der Waals surface area (Å²) in [6, 6.07) is 11.5. The van der Waals surface area contributed by atoms with E-state index in [1.165, 1.54) is 13.8 Å². The summed E-state index contributed by atoms with van der Waals surface area (Å²) in [5, 5.41) is 12.9. The highest BCUT2D eigenvalue weighted by molar-refractivity contribution is 5.94. The number of imidazole rings is 1. The molecule has 30 heavy (non-hydrogen) atoms. The number of aromatic nitrogens is 2. The number of carbonyl (C=O) groups excluding carboxylic acids is 2. The molecule has 1 aliphatic rings. The van der Waals surface area contributed by atoms with Crippen molar-refractivity contribution in [2.45, 2.75) is 38.3 Å². The smallest absolute Gasteiger partial charge is 0.253 e. The van der Waals surface area contributed by atoms with Gasteiger partial charge in [-0.15, -0.1) is 0 Å². The molecule has 4 rings (SSSR count). The molecule has 1 unspecified atom stereocenters. The molecule has 2 amide bonds. The number of hydrogen-bond acceptors (Lipinski definition) is 4. The highest BCUT2D eigenvalue weighted by Gasteiger charge is 2.34. The normalized spacial score (nSPS) is 16.8. The van der Waals surface area contributed by atoms with Crippen molar-refractivity contribution in [2.75, 3.05) is 13.1 Å². The van der Waals surface area contributed by atoms with Gasteiger partial charge in [0.2, 0.25) is 0 Å². The van der Waals surface area contributed by atoms with Crippen LogP contribution in [0.1, 0.15) is 47.7 Å². The Morgan fingerprint density at radius 2 is 1.97 bits per heavy atom. The quantitative estimate of drug-likeness (QED) is 0.681. The zero-order chi connectivity index (χ0) is 21.3. The van der Waals surface area contributed by atoms with E-state index in [4.69, 9.17) is 0 Å². The highest BCUT2D eigenvalue weighted by atomic mass is 16.3. The largest absolute Gasteiger partial charge is 0.381 e. The Balaban J connectivity index is 1.35.